The maximum atomic E-state index is 11.6. The lowest BCUT2D eigenvalue weighted by Gasteiger charge is -2.21. The molecule has 114 valence electrons. The third-order valence-corrected chi connectivity index (χ3v) is 2.74. The molecule has 0 aliphatic carbocycles. The Hall–Kier alpha value is -1.99. The lowest BCUT2D eigenvalue weighted by atomic mass is 10.2. The van der Waals surface area contributed by atoms with Crippen LogP contribution >= 0.6 is 0 Å². The van der Waals surface area contributed by atoms with Crippen LogP contribution in [0.3, 0.4) is 0 Å². The van der Waals surface area contributed by atoms with E-state index in [-0.39, 0.29) is 13.0 Å². The number of carboxylic acid groups (broad SMARTS) is 1. The third kappa shape index (κ3) is 4.29. The van der Waals surface area contributed by atoms with Crippen LogP contribution in [0.25, 0.3) is 0 Å². The highest BCUT2D eigenvalue weighted by Gasteiger charge is 2.41. The number of ether oxygens (including phenoxy) is 2. The predicted molar refractivity (Wildman–Crippen MR) is 68.3 cm³/mol. The van der Waals surface area contributed by atoms with E-state index < -0.39 is 35.8 Å². The van der Waals surface area contributed by atoms with E-state index >= 15 is 0 Å². The Balaban J connectivity index is 2.64. The molecule has 1 aliphatic rings. The molecule has 1 aliphatic heterocycles. The second-order valence-electron chi connectivity index (χ2n) is 5.55. The van der Waals surface area contributed by atoms with Gasteiger partial charge in [-0.3, -0.25) is 4.90 Å². The molecule has 0 aromatic heterocycles. The van der Waals surface area contributed by atoms with Crippen molar-refractivity contribution in [2.75, 3.05) is 13.7 Å². The molecule has 0 aromatic rings. The van der Waals surface area contributed by atoms with Crippen LogP contribution in [-0.2, 0) is 14.3 Å². The Morgan fingerprint density at radius 2 is 1.90 bits per heavy atom. The molecule has 0 radical (unpaired) electrons. The highest BCUT2D eigenvalue weighted by atomic mass is 16.6. The van der Waals surface area contributed by atoms with E-state index in [0.717, 1.165) is 4.90 Å². The smallest absolute Gasteiger partial charge is 0.408 e. The highest BCUT2D eigenvalue weighted by Crippen LogP contribution is 2.19. The standard InChI is InChI=1S/C12H20N2O6/c1-12(2,3)20-10(16)13-7-5-8(9(15)19-4)14(6-7)11(17)18/h7-8H,5-6H2,1-4H3,(H,13,16)(H,17,18). The van der Waals surface area contributed by atoms with Crippen LogP contribution in [-0.4, -0.2) is 59.5 Å². The topological polar surface area (TPSA) is 105 Å². The number of esters is 1. The fourth-order valence-corrected chi connectivity index (χ4v) is 1.99. The molecule has 1 fully saturated rings. The van der Waals surface area contributed by atoms with Crippen molar-refractivity contribution in [1.82, 2.24) is 10.2 Å². The molecule has 0 aromatic carbocycles. The maximum Gasteiger partial charge on any atom is 0.408 e. The van der Waals surface area contributed by atoms with Crippen molar-refractivity contribution in [1.29, 1.82) is 0 Å². The number of methoxy groups -OCH3 is 1. The van der Waals surface area contributed by atoms with Gasteiger partial charge < -0.3 is 19.9 Å². The summed E-state index contributed by atoms with van der Waals surface area (Å²) in [4.78, 5) is 35.2. The van der Waals surface area contributed by atoms with E-state index in [1.165, 1.54) is 7.11 Å². The lowest BCUT2D eigenvalue weighted by molar-refractivity contribution is -0.145. The molecule has 2 N–H and O–H groups in total. The third-order valence-electron chi connectivity index (χ3n) is 2.74. The Kier molecular flexibility index (Phi) is 4.80. The zero-order valence-corrected chi connectivity index (χ0v) is 12.0. The molecule has 0 bridgehead atoms. The fraction of sp³-hybridized carbons (Fsp3) is 0.750. The molecule has 0 saturated carbocycles. The second-order valence-corrected chi connectivity index (χ2v) is 5.55. The number of likely N-dealkylation sites (tertiary alicyclic amines) is 1. The second kappa shape index (κ2) is 5.98. The van der Waals surface area contributed by atoms with Crippen LogP contribution in [0.15, 0.2) is 0 Å². The fourth-order valence-electron chi connectivity index (χ4n) is 1.99. The van der Waals surface area contributed by atoms with E-state index in [9.17, 15) is 14.4 Å². The summed E-state index contributed by atoms with van der Waals surface area (Å²) >= 11 is 0. The first-order valence-electron chi connectivity index (χ1n) is 6.21. The molecule has 1 saturated heterocycles. The van der Waals surface area contributed by atoms with Crippen molar-refractivity contribution in [3.8, 4) is 0 Å². The normalized spacial score (nSPS) is 22.3. The number of amides is 2. The van der Waals surface area contributed by atoms with Gasteiger partial charge in [0.25, 0.3) is 0 Å². The Morgan fingerprint density at radius 3 is 2.35 bits per heavy atom. The van der Waals surface area contributed by atoms with Gasteiger partial charge in [0.2, 0.25) is 0 Å². The van der Waals surface area contributed by atoms with E-state index in [4.69, 9.17) is 9.84 Å². The van der Waals surface area contributed by atoms with Gasteiger partial charge in [0.1, 0.15) is 11.6 Å². The van der Waals surface area contributed by atoms with Crippen molar-refractivity contribution < 1.29 is 29.0 Å². The first kappa shape index (κ1) is 16.1. The summed E-state index contributed by atoms with van der Waals surface area (Å²) in [5, 5.41) is 11.6. The van der Waals surface area contributed by atoms with Crippen molar-refractivity contribution >= 4 is 18.2 Å². The summed E-state index contributed by atoms with van der Waals surface area (Å²) in [6.07, 6.45) is -1.70. The minimum atomic E-state index is -1.23. The molecule has 8 heteroatoms. The minimum Gasteiger partial charge on any atom is -0.467 e. The number of nitrogens with zero attached hydrogens (tertiary/aromatic N) is 1. The monoisotopic (exact) mass is 288 g/mol. The van der Waals surface area contributed by atoms with Crippen molar-refractivity contribution in [2.45, 2.75) is 44.9 Å². The molecule has 2 atom stereocenters. The van der Waals surface area contributed by atoms with Gasteiger partial charge in [-0.2, -0.15) is 0 Å². The van der Waals surface area contributed by atoms with Crippen LogP contribution in [0, 0.1) is 0 Å². The first-order chi connectivity index (χ1) is 9.14. The van der Waals surface area contributed by atoms with Crippen LogP contribution in [0.2, 0.25) is 0 Å². The first-order valence-corrected chi connectivity index (χ1v) is 6.21. The van der Waals surface area contributed by atoms with Crippen molar-refractivity contribution in [3.63, 3.8) is 0 Å². The quantitative estimate of drug-likeness (QED) is 0.728. The van der Waals surface area contributed by atoms with Gasteiger partial charge >= 0.3 is 18.2 Å². The minimum absolute atomic E-state index is 0.0222. The molecular formula is C12H20N2O6. The van der Waals surface area contributed by atoms with E-state index in [1.54, 1.807) is 20.8 Å². The molecule has 1 rings (SSSR count). The lowest BCUT2D eigenvalue weighted by Crippen LogP contribution is -2.42. The number of alkyl carbamates (subject to hydrolysis) is 1. The van der Waals surface area contributed by atoms with Gasteiger partial charge in [-0.05, 0) is 20.8 Å². The summed E-state index contributed by atoms with van der Waals surface area (Å²) in [6, 6.07) is -1.39. The van der Waals surface area contributed by atoms with Crippen molar-refractivity contribution in [3.05, 3.63) is 0 Å². The van der Waals surface area contributed by atoms with E-state index in [0.29, 0.717) is 0 Å². The predicted octanol–water partition coefficient (Wildman–Crippen LogP) is 0.805. The van der Waals surface area contributed by atoms with E-state index in [1.807, 2.05) is 0 Å². The van der Waals surface area contributed by atoms with Crippen LogP contribution < -0.4 is 5.32 Å². The Bertz CT molecular complexity index is 403. The molecule has 1 heterocycles. The highest BCUT2D eigenvalue weighted by molar-refractivity contribution is 5.82. The van der Waals surface area contributed by atoms with Gasteiger partial charge in [-0.1, -0.05) is 0 Å². The van der Waals surface area contributed by atoms with E-state index in [2.05, 4.69) is 10.1 Å². The zero-order chi connectivity index (χ0) is 15.5. The maximum absolute atomic E-state index is 11.6. The number of nitrogens with one attached hydrogen (secondary N) is 1. The molecule has 8 nitrogen and oxygen atoms in total. The Morgan fingerprint density at radius 1 is 1.30 bits per heavy atom. The molecule has 0 spiro atoms. The largest absolute Gasteiger partial charge is 0.467 e. The van der Waals surface area contributed by atoms with Gasteiger partial charge in [0.15, 0.2) is 0 Å². The molecule has 2 unspecified atom stereocenters. The van der Waals surface area contributed by atoms with Gasteiger partial charge in [-0.15, -0.1) is 0 Å². The Labute approximate surface area is 117 Å². The number of hydrogen-bond donors (Lipinski definition) is 2. The van der Waals surface area contributed by atoms with Crippen molar-refractivity contribution in [2.24, 2.45) is 0 Å². The van der Waals surface area contributed by atoms with Gasteiger partial charge in [0.05, 0.1) is 13.2 Å². The summed E-state index contributed by atoms with van der Waals surface area (Å²) in [6.45, 7) is 5.19. The van der Waals surface area contributed by atoms with Crippen LogP contribution in [0.5, 0.6) is 0 Å². The number of rotatable bonds is 2. The average Bonchev–Trinajstić information content (AvgIpc) is 2.69. The van der Waals surface area contributed by atoms with Crippen LogP contribution in [0.1, 0.15) is 27.2 Å². The summed E-state index contributed by atoms with van der Waals surface area (Å²) in [5.74, 6) is -0.638. The number of carbonyl (C=O) groups is 3. The summed E-state index contributed by atoms with van der Waals surface area (Å²) < 4.78 is 9.65. The molecular weight excluding hydrogens is 268 g/mol. The van der Waals surface area contributed by atoms with Crippen LogP contribution in [0.4, 0.5) is 9.59 Å². The molecule has 20 heavy (non-hydrogen) atoms. The SMILES string of the molecule is COC(=O)C1CC(NC(=O)OC(C)(C)C)CN1C(=O)O. The van der Waals surface area contributed by atoms with Gasteiger partial charge in [0, 0.05) is 13.0 Å². The summed E-state index contributed by atoms with van der Waals surface area (Å²) in [7, 11) is 1.19. The number of carbonyl (C=O) groups excluding carboxylic acids is 2. The summed E-state index contributed by atoms with van der Waals surface area (Å²) in [5.41, 5.74) is -0.642. The average molecular weight is 288 g/mol. The van der Waals surface area contributed by atoms with Gasteiger partial charge in [-0.25, -0.2) is 14.4 Å². The molecule has 2 amide bonds. The zero-order valence-electron chi connectivity index (χ0n) is 12.0. The number of hydrogen-bond acceptors (Lipinski definition) is 5.